The van der Waals surface area contributed by atoms with Gasteiger partial charge in [-0.15, -0.1) is 11.3 Å². The number of para-hydroxylation sites is 1. The van der Waals surface area contributed by atoms with E-state index in [2.05, 4.69) is 5.16 Å². The lowest BCUT2D eigenvalue weighted by Gasteiger charge is -2.33. The number of nitrogens with zero attached hydrogens (tertiary/aromatic N) is 3. The number of amides is 1. The molecule has 0 unspecified atom stereocenters. The Morgan fingerprint density at radius 2 is 1.93 bits per heavy atom. The molecule has 1 aliphatic rings. The zero-order valence-corrected chi connectivity index (χ0v) is 16.2. The fraction of sp³-hybridized carbons (Fsp3) is 0.222. The van der Waals surface area contributed by atoms with Crippen LogP contribution in [-0.4, -0.2) is 43.4 Å². The number of piperazine rings is 1. The number of aryl methyl sites for hydroxylation is 1. The van der Waals surface area contributed by atoms with E-state index in [1.54, 1.807) is 24.0 Å². The van der Waals surface area contributed by atoms with E-state index in [4.69, 9.17) is 4.52 Å². The summed E-state index contributed by atoms with van der Waals surface area (Å²) < 4.78 is 32.6. The summed E-state index contributed by atoms with van der Waals surface area (Å²) >= 11 is 1.33. The highest BCUT2D eigenvalue weighted by Gasteiger charge is 2.35. The Morgan fingerprint density at radius 1 is 1.15 bits per heavy atom. The van der Waals surface area contributed by atoms with Crippen LogP contribution in [0, 0.1) is 6.92 Å². The highest BCUT2D eigenvalue weighted by molar-refractivity contribution is 7.89. The predicted octanol–water partition coefficient (Wildman–Crippen LogP) is 2.75. The molecule has 4 rings (SSSR count). The first-order valence-corrected chi connectivity index (χ1v) is 10.6. The molecule has 1 aliphatic heterocycles. The topological polar surface area (TPSA) is 83.7 Å². The van der Waals surface area contributed by atoms with Gasteiger partial charge in [0.15, 0.2) is 5.76 Å². The average Bonchev–Trinajstić information content (AvgIpc) is 3.32. The minimum atomic E-state index is -3.77. The van der Waals surface area contributed by atoms with E-state index in [-0.39, 0.29) is 23.9 Å². The number of anilines is 1. The van der Waals surface area contributed by atoms with Gasteiger partial charge in [-0.1, -0.05) is 23.4 Å². The van der Waals surface area contributed by atoms with Crippen molar-refractivity contribution in [2.45, 2.75) is 11.8 Å². The van der Waals surface area contributed by atoms with Crippen molar-refractivity contribution < 1.29 is 17.7 Å². The molecule has 9 heteroatoms. The molecule has 1 aromatic carbocycles. The van der Waals surface area contributed by atoms with Crippen LogP contribution in [0.2, 0.25) is 0 Å². The van der Waals surface area contributed by atoms with Crippen molar-refractivity contribution in [1.82, 2.24) is 9.46 Å². The van der Waals surface area contributed by atoms with Crippen molar-refractivity contribution in [2.24, 2.45) is 0 Å². The maximum absolute atomic E-state index is 13.1. The van der Waals surface area contributed by atoms with E-state index < -0.39 is 10.0 Å². The highest BCUT2D eigenvalue weighted by atomic mass is 32.2. The molecule has 0 bridgehead atoms. The number of carbonyl (C=O) groups is 1. The third-order valence-corrected chi connectivity index (χ3v) is 7.59. The van der Waals surface area contributed by atoms with Crippen LogP contribution in [0.5, 0.6) is 0 Å². The predicted molar refractivity (Wildman–Crippen MR) is 102 cm³/mol. The molecule has 0 radical (unpaired) electrons. The zero-order valence-electron chi connectivity index (χ0n) is 14.5. The van der Waals surface area contributed by atoms with Crippen molar-refractivity contribution in [2.75, 3.05) is 24.5 Å². The SMILES string of the molecule is Cc1sc(-c2ccno2)cc1S(=O)(=O)N1CCN(c2ccccc2)C(=O)C1. The Balaban J connectivity index is 1.58. The average molecular weight is 403 g/mol. The Labute approximate surface area is 160 Å². The Morgan fingerprint density at radius 3 is 2.59 bits per heavy atom. The van der Waals surface area contributed by atoms with Crippen LogP contribution in [0.4, 0.5) is 5.69 Å². The highest BCUT2D eigenvalue weighted by Crippen LogP contribution is 2.35. The molecule has 0 aliphatic carbocycles. The number of hydrogen-bond acceptors (Lipinski definition) is 6. The summed E-state index contributed by atoms with van der Waals surface area (Å²) in [4.78, 5) is 15.7. The third kappa shape index (κ3) is 3.29. The molecule has 2 aromatic heterocycles. The molecular formula is C18H17N3O4S2. The number of benzene rings is 1. The lowest BCUT2D eigenvalue weighted by molar-refractivity contribution is -0.119. The lowest BCUT2D eigenvalue weighted by Crippen LogP contribution is -2.52. The van der Waals surface area contributed by atoms with E-state index in [1.165, 1.54) is 21.8 Å². The summed E-state index contributed by atoms with van der Waals surface area (Å²) in [6, 6.07) is 12.5. The summed E-state index contributed by atoms with van der Waals surface area (Å²) in [7, 11) is -3.77. The van der Waals surface area contributed by atoms with Crippen LogP contribution in [0.15, 0.2) is 58.1 Å². The van der Waals surface area contributed by atoms with Gasteiger partial charge < -0.3 is 9.42 Å². The maximum Gasteiger partial charge on any atom is 0.244 e. The smallest absolute Gasteiger partial charge is 0.244 e. The van der Waals surface area contributed by atoms with Gasteiger partial charge in [-0.3, -0.25) is 4.79 Å². The molecule has 0 saturated carbocycles. The Bertz CT molecular complexity index is 1060. The molecule has 0 N–H and O–H groups in total. The van der Waals surface area contributed by atoms with Crippen LogP contribution < -0.4 is 4.90 Å². The van der Waals surface area contributed by atoms with Gasteiger partial charge in [-0.25, -0.2) is 8.42 Å². The summed E-state index contributed by atoms with van der Waals surface area (Å²) in [5.41, 5.74) is 0.777. The van der Waals surface area contributed by atoms with Gasteiger partial charge in [-0.2, -0.15) is 4.31 Å². The monoisotopic (exact) mass is 403 g/mol. The van der Waals surface area contributed by atoms with E-state index in [9.17, 15) is 13.2 Å². The molecule has 140 valence electrons. The van der Waals surface area contributed by atoms with Crippen molar-refractivity contribution in [3.8, 4) is 10.6 Å². The second-order valence-electron chi connectivity index (χ2n) is 6.13. The van der Waals surface area contributed by atoms with Crippen molar-refractivity contribution in [3.63, 3.8) is 0 Å². The summed E-state index contributed by atoms with van der Waals surface area (Å²) in [5, 5.41) is 3.66. The van der Waals surface area contributed by atoms with Crippen LogP contribution in [-0.2, 0) is 14.8 Å². The van der Waals surface area contributed by atoms with E-state index >= 15 is 0 Å². The third-order valence-electron chi connectivity index (χ3n) is 4.42. The second-order valence-corrected chi connectivity index (χ2v) is 9.29. The van der Waals surface area contributed by atoms with Gasteiger partial charge >= 0.3 is 0 Å². The fourth-order valence-corrected chi connectivity index (χ4v) is 5.96. The molecule has 0 spiro atoms. The minimum Gasteiger partial charge on any atom is -0.355 e. The number of hydrogen-bond donors (Lipinski definition) is 0. The molecule has 1 saturated heterocycles. The summed E-state index contributed by atoms with van der Waals surface area (Å²) in [5.74, 6) is 0.286. The molecule has 3 heterocycles. The van der Waals surface area contributed by atoms with Gasteiger partial charge in [0.1, 0.15) is 0 Å². The van der Waals surface area contributed by atoms with E-state index in [1.807, 2.05) is 30.3 Å². The van der Waals surface area contributed by atoms with Gasteiger partial charge in [0.2, 0.25) is 15.9 Å². The number of thiophene rings is 1. The van der Waals surface area contributed by atoms with Crippen LogP contribution in [0.25, 0.3) is 10.6 Å². The molecule has 1 amide bonds. The quantitative estimate of drug-likeness (QED) is 0.669. The first-order valence-electron chi connectivity index (χ1n) is 8.34. The number of rotatable bonds is 4. The van der Waals surface area contributed by atoms with E-state index in [0.717, 1.165) is 5.69 Å². The van der Waals surface area contributed by atoms with Gasteiger partial charge in [0, 0.05) is 29.7 Å². The summed E-state index contributed by atoms with van der Waals surface area (Å²) in [6.07, 6.45) is 1.51. The molecule has 7 nitrogen and oxygen atoms in total. The normalized spacial score (nSPS) is 16.0. The van der Waals surface area contributed by atoms with Crippen LogP contribution >= 0.6 is 11.3 Å². The molecule has 3 aromatic rings. The van der Waals surface area contributed by atoms with Crippen molar-refractivity contribution in [3.05, 3.63) is 53.5 Å². The van der Waals surface area contributed by atoms with Gasteiger partial charge in [-0.05, 0) is 25.1 Å². The molecule has 1 fully saturated rings. The largest absolute Gasteiger partial charge is 0.355 e. The van der Waals surface area contributed by atoms with Gasteiger partial charge in [0.25, 0.3) is 0 Å². The first kappa shape index (κ1) is 17.9. The molecule has 0 atom stereocenters. The van der Waals surface area contributed by atoms with E-state index in [0.29, 0.717) is 22.1 Å². The molecule has 27 heavy (non-hydrogen) atoms. The standard InChI is InChI=1S/C18H17N3O4S2/c1-13-17(11-16(26-13)15-7-8-19-25-15)27(23,24)20-9-10-21(18(22)12-20)14-5-3-2-4-6-14/h2-8,11H,9-10,12H2,1H3. The maximum atomic E-state index is 13.1. The second kappa shape index (κ2) is 6.91. The fourth-order valence-electron chi connectivity index (χ4n) is 3.06. The van der Waals surface area contributed by atoms with Crippen LogP contribution in [0.1, 0.15) is 4.88 Å². The van der Waals surface area contributed by atoms with Crippen LogP contribution in [0.3, 0.4) is 0 Å². The van der Waals surface area contributed by atoms with Crippen molar-refractivity contribution in [1.29, 1.82) is 0 Å². The van der Waals surface area contributed by atoms with Gasteiger partial charge in [0.05, 0.1) is 22.5 Å². The summed E-state index contributed by atoms with van der Waals surface area (Å²) in [6.45, 7) is 2.14. The number of aromatic nitrogens is 1. The first-order chi connectivity index (χ1) is 13.0. The molecular weight excluding hydrogens is 386 g/mol. The minimum absolute atomic E-state index is 0.176. The zero-order chi connectivity index (χ0) is 19.0. The lowest BCUT2D eigenvalue weighted by atomic mass is 10.2. The Kier molecular flexibility index (Phi) is 4.58. The number of sulfonamides is 1. The number of carbonyl (C=O) groups excluding carboxylic acids is 1. The van der Waals surface area contributed by atoms with Crippen molar-refractivity contribution >= 4 is 33.0 Å². The Hall–Kier alpha value is -2.49.